The second-order valence-corrected chi connectivity index (χ2v) is 4.85. The molecule has 100 valence electrons. The van der Waals surface area contributed by atoms with Crippen LogP contribution in [-0.2, 0) is 14.3 Å². The minimum atomic E-state index is -0.184. The van der Waals surface area contributed by atoms with Crippen molar-refractivity contribution in [2.45, 2.75) is 12.8 Å². The first-order valence-electron chi connectivity index (χ1n) is 6.36. The van der Waals surface area contributed by atoms with E-state index in [4.69, 9.17) is 4.74 Å². The number of carbonyl (C=O) groups excluding carboxylic acids is 2. The van der Waals surface area contributed by atoms with Crippen molar-refractivity contribution in [3.8, 4) is 0 Å². The van der Waals surface area contributed by atoms with Crippen molar-refractivity contribution in [2.24, 2.45) is 5.92 Å². The largest absolute Gasteiger partial charge is 0.381 e. The molecule has 3 rings (SSSR count). The average Bonchev–Trinajstić information content (AvgIpc) is 2.90. The van der Waals surface area contributed by atoms with Gasteiger partial charge >= 0.3 is 0 Å². The minimum Gasteiger partial charge on any atom is -0.381 e. The van der Waals surface area contributed by atoms with Crippen molar-refractivity contribution >= 4 is 23.2 Å². The summed E-state index contributed by atoms with van der Waals surface area (Å²) in [6, 6.07) is 1.75. The van der Waals surface area contributed by atoms with E-state index in [1.165, 1.54) is 4.90 Å². The Morgan fingerprint density at radius 3 is 3.26 bits per heavy atom. The van der Waals surface area contributed by atoms with Gasteiger partial charge in [0, 0.05) is 25.8 Å². The third-order valence-corrected chi connectivity index (χ3v) is 3.45. The van der Waals surface area contributed by atoms with Gasteiger partial charge in [-0.15, -0.1) is 0 Å². The van der Waals surface area contributed by atoms with Gasteiger partial charge in [-0.1, -0.05) is 0 Å². The molecule has 0 unspecified atom stereocenters. The van der Waals surface area contributed by atoms with E-state index >= 15 is 0 Å². The second-order valence-electron chi connectivity index (χ2n) is 4.85. The second kappa shape index (κ2) is 4.97. The first-order valence-corrected chi connectivity index (χ1v) is 6.36. The first-order chi connectivity index (χ1) is 9.24. The summed E-state index contributed by atoms with van der Waals surface area (Å²) < 4.78 is 5.28. The van der Waals surface area contributed by atoms with E-state index < -0.39 is 0 Å². The molecule has 0 aromatic carbocycles. The summed E-state index contributed by atoms with van der Waals surface area (Å²) in [7, 11) is 0. The number of amides is 2. The standard InChI is InChI=1S/C13H15N3O3/c17-12-7-16(11-1-3-14-6-10(11)15-12)13(18)5-9-2-4-19-8-9/h1,3,6,9H,2,4-5,7-8H2,(H,15,17)/t9-/m1/s1. The highest BCUT2D eigenvalue weighted by molar-refractivity contribution is 6.09. The lowest BCUT2D eigenvalue weighted by Crippen LogP contribution is -2.42. The van der Waals surface area contributed by atoms with Gasteiger partial charge in [-0.2, -0.15) is 0 Å². The van der Waals surface area contributed by atoms with Gasteiger partial charge in [-0.3, -0.25) is 14.6 Å². The maximum atomic E-state index is 12.3. The van der Waals surface area contributed by atoms with Crippen LogP contribution < -0.4 is 10.2 Å². The molecular weight excluding hydrogens is 246 g/mol. The molecule has 19 heavy (non-hydrogen) atoms. The smallest absolute Gasteiger partial charge is 0.244 e. The van der Waals surface area contributed by atoms with Crippen molar-refractivity contribution in [1.82, 2.24) is 4.98 Å². The predicted molar refractivity (Wildman–Crippen MR) is 68.8 cm³/mol. The Morgan fingerprint density at radius 2 is 2.47 bits per heavy atom. The molecule has 6 nitrogen and oxygen atoms in total. The van der Waals surface area contributed by atoms with E-state index in [0.717, 1.165) is 18.7 Å². The van der Waals surface area contributed by atoms with Crippen LogP contribution in [0.2, 0.25) is 0 Å². The number of hydrogen-bond donors (Lipinski definition) is 1. The molecular formula is C13H15N3O3. The fourth-order valence-corrected chi connectivity index (χ4v) is 2.46. The minimum absolute atomic E-state index is 0.0298. The highest BCUT2D eigenvalue weighted by Crippen LogP contribution is 2.29. The topological polar surface area (TPSA) is 71.5 Å². The predicted octanol–water partition coefficient (Wildman–Crippen LogP) is 0.793. The molecule has 1 saturated heterocycles. The number of anilines is 2. The van der Waals surface area contributed by atoms with Crippen LogP contribution in [0.4, 0.5) is 11.4 Å². The third kappa shape index (κ3) is 2.44. The molecule has 1 fully saturated rings. The zero-order valence-electron chi connectivity index (χ0n) is 10.5. The van der Waals surface area contributed by atoms with Crippen LogP contribution in [0, 0.1) is 5.92 Å². The van der Waals surface area contributed by atoms with Gasteiger partial charge in [0.1, 0.15) is 6.54 Å². The van der Waals surface area contributed by atoms with Crippen LogP contribution in [0.15, 0.2) is 18.5 Å². The van der Waals surface area contributed by atoms with Crippen molar-refractivity contribution in [3.05, 3.63) is 18.5 Å². The molecule has 1 aromatic heterocycles. The summed E-state index contributed by atoms with van der Waals surface area (Å²) in [5.41, 5.74) is 1.31. The Bertz CT molecular complexity index is 512. The molecule has 1 aromatic rings. The SMILES string of the molecule is O=C1CN(C(=O)C[C@H]2CCOC2)c2ccncc2N1. The Labute approximate surface area is 110 Å². The molecule has 2 aliphatic heterocycles. The number of aromatic nitrogens is 1. The number of rotatable bonds is 2. The van der Waals surface area contributed by atoms with Crippen LogP contribution >= 0.6 is 0 Å². The van der Waals surface area contributed by atoms with Gasteiger partial charge in [0.15, 0.2) is 0 Å². The van der Waals surface area contributed by atoms with E-state index in [-0.39, 0.29) is 24.3 Å². The van der Waals surface area contributed by atoms with Crippen molar-refractivity contribution < 1.29 is 14.3 Å². The Kier molecular flexibility index (Phi) is 3.16. The zero-order valence-corrected chi connectivity index (χ0v) is 10.5. The summed E-state index contributed by atoms with van der Waals surface area (Å²) in [6.45, 7) is 1.43. The van der Waals surface area contributed by atoms with Crippen molar-refractivity contribution in [1.29, 1.82) is 0 Å². The van der Waals surface area contributed by atoms with E-state index in [9.17, 15) is 9.59 Å². The van der Waals surface area contributed by atoms with Crippen LogP contribution in [-0.4, -0.2) is 36.6 Å². The van der Waals surface area contributed by atoms with Crippen LogP contribution in [0.3, 0.4) is 0 Å². The highest BCUT2D eigenvalue weighted by atomic mass is 16.5. The number of nitrogens with zero attached hydrogens (tertiary/aromatic N) is 2. The van der Waals surface area contributed by atoms with E-state index in [2.05, 4.69) is 10.3 Å². The molecule has 2 amide bonds. The quantitative estimate of drug-likeness (QED) is 0.854. The van der Waals surface area contributed by atoms with Crippen molar-refractivity contribution in [3.63, 3.8) is 0 Å². The van der Waals surface area contributed by atoms with Crippen LogP contribution in [0.1, 0.15) is 12.8 Å². The monoisotopic (exact) mass is 261 g/mol. The number of pyridine rings is 1. The zero-order chi connectivity index (χ0) is 13.2. The highest BCUT2D eigenvalue weighted by Gasteiger charge is 2.29. The van der Waals surface area contributed by atoms with Crippen LogP contribution in [0.25, 0.3) is 0 Å². The maximum absolute atomic E-state index is 12.3. The fourth-order valence-electron chi connectivity index (χ4n) is 2.46. The Morgan fingerprint density at radius 1 is 1.58 bits per heavy atom. The molecule has 1 atom stereocenters. The van der Waals surface area contributed by atoms with Gasteiger partial charge in [-0.25, -0.2) is 0 Å². The lowest BCUT2D eigenvalue weighted by Gasteiger charge is -2.29. The van der Waals surface area contributed by atoms with Gasteiger partial charge < -0.3 is 15.0 Å². The number of carbonyl (C=O) groups is 2. The molecule has 0 aliphatic carbocycles. The maximum Gasteiger partial charge on any atom is 0.244 e. The number of nitrogens with one attached hydrogen (secondary N) is 1. The number of hydrogen-bond acceptors (Lipinski definition) is 4. The molecule has 2 aliphatic rings. The fraction of sp³-hybridized carbons (Fsp3) is 0.462. The Hall–Kier alpha value is -1.95. The number of ether oxygens (including phenoxy) is 1. The molecule has 3 heterocycles. The summed E-state index contributed by atoms with van der Waals surface area (Å²) in [5.74, 6) is 0.0529. The number of fused-ring (bicyclic) bond motifs is 1. The molecule has 0 bridgehead atoms. The molecule has 0 saturated carbocycles. The van der Waals surface area contributed by atoms with Crippen LogP contribution in [0.5, 0.6) is 0 Å². The van der Waals surface area contributed by atoms with Gasteiger partial charge in [0.25, 0.3) is 0 Å². The van der Waals surface area contributed by atoms with Crippen molar-refractivity contribution in [2.75, 3.05) is 30.0 Å². The van der Waals surface area contributed by atoms with E-state index in [1.807, 2.05) is 0 Å². The average molecular weight is 261 g/mol. The first kappa shape index (κ1) is 12.1. The lowest BCUT2D eigenvalue weighted by molar-refractivity contribution is -0.122. The molecule has 1 N–H and O–H groups in total. The molecule has 0 radical (unpaired) electrons. The normalized spacial score (nSPS) is 22.0. The Balaban J connectivity index is 1.79. The van der Waals surface area contributed by atoms with E-state index in [0.29, 0.717) is 18.7 Å². The summed E-state index contributed by atoms with van der Waals surface area (Å²) >= 11 is 0. The summed E-state index contributed by atoms with van der Waals surface area (Å²) in [5, 5.41) is 2.72. The van der Waals surface area contributed by atoms with Gasteiger partial charge in [-0.05, 0) is 18.4 Å². The molecule has 6 heteroatoms. The summed E-state index contributed by atoms with van der Waals surface area (Å²) in [4.78, 5) is 29.4. The summed E-state index contributed by atoms with van der Waals surface area (Å²) in [6.07, 6.45) is 4.52. The van der Waals surface area contributed by atoms with Gasteiger partial charge in [0.05, 0.1) is 17.6 Å². The van der Waals surface area contributed by atoms with E-state index in [1.54, 1.807) is 18.5 Å². The third-order valence-electron chi connectivity index (χ3n) is 3.45. The van der Waals surface area contributed by atoms with Gasteiger partial charge in [0.2, 0.25) is 11.8 Å². The molecule has 0 spiro atoms. The lowest BCUT2D eigenvalue weighted by atomic mass is 10.0.